The predicted molar refractivity (Wildman–Crippen MR) is 63.8 cm³/mol. The van der Waals surface area contributed by atoms with Crippen LogP contribution >= 0.6 is 0 Å². The summed E-state index contributed by atoms with van der Waals surface area (Å²) in [5.41, 5.74) is 0.782. The number of hydrogen-bond acceptors (Lipinski definition) is 3. The molecule has 0 saturated carbocycles. The van der Waals surface area contributed by atoms with E-state index in [1.54, 1.807) is 18.1 Å². The van der Waals surface area contributed by atoms with Crippen LogP contribution in [0.2, 0.25) is 0 Å². The number of carbonyl (C=O) groups excluding carboxylic acids is 1. The summed E-state index contributed by atoms with van der Waals surface area (Å²) in [6.07, 6.45) is 0.848. The molecule has 0 bridgehead atoms. The molecular weight excluding hydrogens is 218 g/mol. The number of likely N-dealkylation sites (tertiary alicyclic amines) is 1. The molecule has 1 aliphatic heterocycles. The van der Waals surface area contributed by atoms with Gasteiger partial charge in [-0.15, -0.1) is 0 Å². The number of aliphatic hydroxyl groups excluding tert-OH is 1. The Balaban J connectivity index is 2.03. The molecule has 2 rings (SSSR count). The topological polar surface area (TPSA) is 49.8 Å². The van der Waals surface area contributed by atoms with E-state index in [9.17, 15) is 9.90 Å². The fourth-order valence-electron chi connectivity index (χ4n) is 2.06. The second kappa shape index (κ2) is 5.19. The second-order valence-corrected chi connectivity index (χ2v) is 4.24. The molecule has 0 aliphatic carbocycles. The lowest BCUT2D eigenvalue weighted by atomic mass is 10.1. The minimum Gasteiger partial charge on any atom is -0.497 e. The zero-order valence-electron chi connectivity index (χ0n) is 9.93. The fourth-order valence-corrected chi connectivity index (χ4v) is 2.06. The summed E-state index contributed by atoms with van der Waals surface area (Å²) >= 11 is 0. The van der Waals surface area contributed by atoms with Gasteiger partial charge >= 0.3 is 0 Å². The first kappa shape index (κ1) is 11.9. The van der Waals surface area contributed by atoms with Crippen molar-refractivity contribution in [1.82, 2.24) is 4.90 Å². The van der Waals surface area contributed by atoms with Crippen LogP contribution in [0.4, 0.5) is 0 Å². The molecule has 4 nitrogen and oxygen atoms in total. The fraction of sp³-hybridized carbons (Fsp3) is 0.462. The molecule has 17 heavy (non-hydrogen) atoms. The Morgan fingerprint density at radius 2 is 2.35 bits per heavy atom. The maximum atomic E-state index is 11.5. The van der Waals surface area contributed by atoms with Gasteiger partial charge in [-0.2, -0.15) is 0 Å². The van der Waals surface area contributed by atoms with E-state index < -0.39 is 6.10 Å². The van der Waals surface area contributed by atoms with Crippen molar-refractivity contribution < 1.29 is 14.6 Å². The summed E-state index contributed by atoms with van der Waals surface area (Å²) in [6, 6.07) is 7.30. The zero-order valence-corrected chi connectivity index (χ0v) is 9.93. The van der Waals surface area contributed by atoms with Crippen LogP contribution in [0, 0.1) is 0 Å². The van der Waals surface area contributed by atoms with Crippen molar-refractivity contribution in [3.8, 4) is 5.75 Å². The van der Waals surface area contributed by atoms with Crippen molar-refractivity contribution in [2.45, 2.75) is 18.9 Å². The van der Waals surface area contributed by atoms with Crippen LogP contribution in [0.5, 0.6) is 5.75 Å². The van der Waals surface area contributed by atoms with Gasteiger partial charge in [0.2, 0.25) is 5.91 Å². The average molecular weight is 235 g/mol. The average Bonchev–Trinajstić information content (AvgIpc) is 2.75. The molecule has 0 aromatic heterocycles. The second-order valence-electron chi connectivity index (χ2n) is 4.24. The number of rotatable bonds is 4. The first-order chi connectivity index (χ1) is 8.20. The molecule has 0 spiro atoms. The lowest BCUT2D eigenvalue weighted by Crippen LogP contribution is -2.29. The maximum Gasteiger partial charge on any atom is 0.222 e. The molecule has 4 heteroatoms. The van der Waals surface area contributed by atoms with Crippen LogP contribution in [0.15, 0.2) is 24.3 Å². The SMILES string of the molecule is COc1cccc(C(O)CN2CCCC2=O)c1. The first-order valence-electron chi connectivity index (χ1n) is 5.80. The lowest BCUT2D eigenvalue weighted by molar-refractivity contribution is -0.128. The van der Waals surface area contributed by atoms with Crippen LogP contribution < -0.4 is 4.74 Å². The first-order valence-corrected chi connectivity index (χ1v) is 5.80. The molecule has 1 saturated heterocycles. The standard InChI is InChI=1S/C13H17NO3/c1-17-11-5-2-4-10(8-11)12(15)9-14-7-3-6-13(14)16/h2,4-5,8,12,15H,3,6-7,9H2,1H3. The molecule has 1 atom stereocenters. The van der Waals surface area contributed by atoms with Crippen molar-refractivity contribution in [3.05, 3.63) is 29.8 Å². The van der Waals surface area contributed by atoms with Gasteiger partial charge in [-0.3, -0.25) is 4.79 Å². The summed E-state index contributed by atoms with van der Waals surface area (Å²) < 4.78 is 5.10. The van der Waals surface area contributed by atoms with Gasteiger partial charge in [-0.25, -0.2) is 0 Å². The number of benzene rings is 1. The van der Waals surface area contributed by atoms with E-state index in [0.29, 0.717) is 18.7 Å². The van der Waals surface area contributed by atoms with Crippen molar-refractivity contribution >= 4 is 5.91 Å². The number of aliphatic hydroxyl groups is 1. The Bertz CT molecular complexity index is 405. The van der Waals surface area contributed by atoms with Gasteiger partial charge in [0.05, 0.1) is 19.8 Å². The maximum absolute atomic E-state index is 11.5. The molecular formula is C13H17NO3. The molecule has 0 radical (unpaired) electrons. The van der Waals surface area contributed by atoms with E-state index in [1.165, 1.54) is 0 Å². The minimum atomic E-state index is -0.646. The van der Waals surface area contributed by atoms with Crippen LogP contribution in [0.3, 0.4) is 0 Å². The monoisotopic (exact) mass is 235 g/mol. The van der Waals surface area contributed by atoms with Gasteiger partial charge in [-0.05, 0) is 24.1 Å². The number of amides is 1. The minimum absolute atomic E-state index is 0.131. The van der Waals surface area contributed by atoms with E-state index in [4.69, 9.17) is 4.74 Å². The summed E-state index contributed by atoms with van der Waals surface area (Å²) in [7, 11) is 1.59. The van der Waals surface area contributed by atoms with Gasteiger partial charge in [0.1, 0.15) is 5.75 Å². The van der Waals surface area contributed by atoms with Crippen molar-refractivity contribution in [2.75, 3.05) is 20.2 Å². The summed E-state index contributed by atoms with van der Waals surface area (Å²) in [5, 5.41) is 10.1. The van der Waals surface area contributed by atoms with Crippen LogP contribution in [-0.4, -0.2) is 36.1 Å². The molecule has 1 aromatic carbocycles. The highest BCUT2D eigenvalue weighted by Gasteiger charge is 2.23. The Morgan fingerprint density at radius 3 is 3.00 bits per heavy atom. The van der Waals surface area contributed by atoms with Crippen molar-refractivity contribution in [3.63, 3.8) is 0 Å². The smallest absolute Gasteiger partial charge is 0.222 e. The van der Waals surface area contributed by atoms with Crippen molar-refractivity contribution in [1.29, 1.82) is 0 Å². The van der Waals surface area contributed by atoms with Gasteiger partial charge in [-0.1, -0.05) is 12.1 Å². The number of carbonyl (C=O) groups is 1. The van der Waals surface area contributed by atoms with Gasteiger partial charge < -0.3 is 14.7 Å². The summed E-state index contributed by atoms with van der Waals surface area (Å²) in [4.78, 5) is 13.2. The summed E-state index contributed by atoms with van der Waals surface area (Å²) in [5.74, 6) is 0.848. The zero-order chi connectivity index (χ0) is 12.3. The van der Waals surface area contributed by atoms with E-state index in [0.717, 1.165) is 18.5 Å². The number of β-amino-alcohol motifs (C(OH)–C–C–N with tert-alkyl or cyclic N) is 1. The van der Waals surface area contributed by atoms with Crippen LogP contribution in [0.1, 0.15) is 24.5 Å². The number of ether oxygens (including phenoxy) is 1. The van der Waals surface area contributed by atoms with Gasteiger partial charge in [0, 0.05) is 13.0 Å². The molecule has 1 N–H and O–H groups in total. The number of methoxy groups -OCH3 is 1. The molecule has 1 aliphatic rings. The van der Waals surface area contributed by atoms with Gasteiger partial charge in [0.25, 0.3) is 0 Å². The Labute approximate surface area is 101 Å². The molecule has 92 valence electrons. The van der Waals surface area contributed by atoms with E-state index in [-0.39, 0.29) is 5.91 Å². The van der Waals surface area contributed by atoms with E-state index in [1.807, 2.05) is 18.2 Å². The number of nitrogens with zero attached hydrogens (tertiary/aromatic N) is 1. The quantitative estimate of drug-likeness (QED) is 0.857. The van der Waals surface area contributed by atoms with Crippen LogP contribution in [0.25, 0.3) is 0 Å². The van der Waals surface area contributed by atoms with E-state index in [2.05, 4.69) is 0 Å². The Morgan fingerprint density at radius 1 is 1.53 bits per heavy atom. The molecule has 1 amide bonds. The molecule has 1 heterocycles. The Hall–Kier alpha value is -1.55. The normalized spacial score (nSPS) is 17.3. The van der Waals surface area contributed by atoms with Gasteiger partial charge in [0.15, 0.2) is 0 Å². The predicted octanol–water partition coefficient (Wildman–Crippen LogP) is 1.35. The van der Waals surface area contributed by atoms with Crippen LogP contribution in [-0.2, 0) is 4.79 Å². The summed E-state index contributed by atoms with van der Waals surface area (Å²) in [6.45, 7) is 1.12. The third-order valence-electron chi connectivity index (χ3n) is 3.04. The molecule has 1 aromatic rings. The largest absolute Gasteiger partial charge is 0.497 e. The third-order valence-corrected chi connectivity index (χ3v) is 3.04. The molecule has 1 unspecified atom stereocenters. The molecule has 1 fully saturated rings. The highest BCUT2D eigenvalue weighted by atomic mass is 16.5. The highest BCUT2D eigenvalue weighted by molar-refractivity contribution is 5.78. The number of hydrogen-bond donors (Lipinski definition) is 1. The lowest BCUT2D eigenvalue weighted by Gasteiger charge is -2.20. The van der Waals surface area contributed by atoms with Crippen molar-refractivity contribution in [2.24, 2.45) is 0 Å². The highest BCUT2D eigenvalue weighted by Crippen LogP contribution is 2.21. The third kappa shape index (κ3) is 2.77. The Kier molecular flexibility index (Phi) is 3.64. The van der Waals surface area contributed by atoms with E-state index >= 15 is 0 Å².